The average Bonchev–Trinajstić information content (AvgIpc) is 2.82. The summed E-state index contributed by atoms with van der Waals surface area (Å²) in [6.07, 6.45) is 4.94. The molecule has 3 heteroatoms. The van der Waals surface area contributed by atoms with Crippen LogP contribution in [0.3, 0.4) is 0 Å². The number of nitrogens with one attached hydrogen (secondary N) is 1. The summed E-state index contributed by atoms with van der Waals surface area (Å²) in [5.74, 6) is 1.89. The van der Waals surface area contributed by atoms with Crippen LogP contribution >= 0.6 is 0 Å². The molecule has 106 valence electrons. The summed E-state index contributed by atoms with van der Waals surface area (Å²) in [4.78, 5) is 0. The summed E-state index contributed by atoms with van der Waals surface area (Å²) in [6, 6.07) is 6.53. The quantitative estimate of drug-likeness (QED) is 0.726. The number of fused-ring (bicyclic) bond motifs is 1. The van der Waals surface area contributed by atoms with E-state index in [1.54, 1.807) is 0 Å². The second-order valence-corrected chi connectivity index (χ2v) is 5.03. The molecule has 0 radical (unpaired) electrons. The van der Waals surface area contributed by atoms with Crippen LogP contribution in [0.25, 0.3) is 0 Å². The number of hydrogen-bond acceptors (Lipinski definition) is 3. The summed E-state index contributed by atoms with van der Waals surface area (Å²) in [5.41, 5.74) is 1.25. The summed E-state index contributed by atoms with van der Waals surface area (Å²) in [5, 5.41) is 3.42. The van der Waals surface area contributed by atoms with Crippen molar-refractivity contribution in [3.63, 3.8) is 0 Å². The van der Waals surface area contributed by atoms with Gasteiger partial charge in [0.2, 0.25) is 0 Å². The van der Waals surface area contributed by atoms with Crippen LogP contribution in [0.15, 0.2) is 18.2 Å². The highest BCUT2D eigenvalue weighted by Gasteiger charge is 2.23. The minimum Gasteiger partial charge on any atom is -0.493 e. The fraction of sp³-hybridized carbons (Fsp3) is 0.625. The number of unbranched alkanes of at least 4 members (excludes halogenated alkanes) is 3. The molecule has 0 saturated carbocycles. The number of ether oxygens (including phenoxy) is 2. The third-order valence-corrected chi connectivity index (χ3v) is 3.48. The molecule has 1 aromatic rings. The van der Waals surface area contributed by atoms with Crippen LogP contribution in [0, 0.1) is 0 Å². The molecule has 19 heavy (non-hydrogen) atoms. The van der Waals surface area contributed by atoms with Gasteiger partial charge in [0.15, 0.2) is 0 Å². The van der Waals surface area contributed by atoms with Crippen molar-refractivity contribution in [3.05, 3.63) is 23.8 Å². The number of rotatable bonds is 8. The third-order valence-electron chi connectivity index (χ3n) is 3.48. The lowest BCUT2D eigenvalue weighted by Gasteiger charge is -2.10. The van der Waals surface area contributed by atoms with E-state index in [9.17, 15) is 0 Å². The zero-order valence-corrected chi connectivity index (χ0v) is 12.1. The van der Waals surface area contributed by atoms with E-state index in [0.29, 0.717) is 6.04 Å². The second-order valence-electron chi connectivity index (χ2n) is 5.03. The molecule has 2 rings (SSSR count). The van der Waals surface area contributed by atoms with Gasteiger partial charge in [-0.3, -0.25) is 0 Å². The molecule has 0 aromatic heterocycles. The van der Waals surface area contributed by atoms with E-state index in [1.165, 1.54) is 24.8 Å². The molecule has 0 amide bonds. The van der Waals surface area contributed by atoms with Crippen LogP contribution in [-0.2, 0) is 0 Å². The van der Waals surface area contributed by atoms with Gasteiger partial charge in [-0.25, -0.2) is 0 Å². The summed E-state index contributed by atoms with van der Waals surface area (Å²) < 4.78 is 11.5. The van der Waals surface area contributed by atoms with Crippen LogP contribution in [0.4, 0.5) is 0 Å². The van der Waals surface area contributed by atoms with Crippen LogP contribution in [0.5, 0.6) is 11.5 Å². The highest BCUT2D eigenvalue weighted by atomic mass is 16.5. The van der Waals surface area contributed by atoms with Crippen molar-refractivity contribution in [2.45, 2.75) is 45.6 Å². The predicted octanol–water partition coefficient (Wildman–Crippen LogP) is 3.69. The molecule has 1 unspecified atom stereocenters. The number of benzene rings is 1. The van der Waals surface area contributed by atoms with E-state index in [-0.39, 0.29) is 0 Å². The van der Waals surface area contributed by atoms with Gasteiger partial charge in [-0.2, -0.15) is 0 Å². The van der Waals surface area contributed by atoms with Gasteiger partial charge < -0.3 is 14.8 Å². The molecule has 1 N–H and O–H groups in total. The molecule has 0 fully saturated rings. The SMILES string of the molecule is CCCCCCOc1ccc2c(c1)OCC2NCC. The summed E-state index contributed by atoms with van der Waals surface area (Å²) in [7, 11) is 0. The van der Waals surface area contributed by atoms with E-state index in [2.05, 4.69) is 31.3 Å². The predicted molar refractivity (Wildman–Crippen MR) is 78.0 cm³/mol. The lowest BCUT2D eigenvalue weighted by molar-refractivity contribution is 0.297. The van der Waals surface area contributed by atoms with Gasteiger partial charge in [-0.1, -0.05) is 33.1 Å². The topological polar surface area (TPSA) is 30.5 Å². The molecule has 0 spiro atoms. The molecule has 0 saturated heterocycles. The van der Waals surface area contributed by atoms with E-state index < -0.39 is 0 Å². The zero-order valence-electron chi connectivity index (χ0n) is 12.1. The smallest absolute Gasteiger partial charge is 0.127 e. The van der Waals surface area contributed by atoms with Crippen molar-refractivity contribution in [3.8, 4) is 11.5 Å². The normalized spacial score (nSPS) is 17.1. The molecule has 1 aliphatic rings. The molecule has 1 heterocycles. The Morgan fingerprint density at radius 2 is 2.16 bits per heavy atom. The van der Waals surface area contributed by atoms with E-state index in [1.807, 2.05) is 6.07 Å². The van der Waals surface area contributed by atoms with Crippen molar-refractivity contribution in [1.29, 1.82) is 0 Å². The first-order chi connectivity index (χ1) is 9.35. The maximum Gasteiger partial charge on any atom is 0.127 e. The lowest BCUT2D eigenvalue weighted by atomic mass is 10.1. The molecule has 1 atom stereocenters. The Kier molecular flexibility index (Phi) is 5.52. The Morgan fingerprint density at radius 3 is 2.95 bits per heavy atom. The van der Waals surface area contributed by atoms with Crippen LogP contribution < -0.4 is 14.8 Å². The first-order valence-electron chi connectivity index (χ1n) is 7.48. The lowest BCUT2D eigenvalue weighted by Crippen LogP contribution is -2.21. The highest BCUT2D eigenvalue weighted by Crippen LogP contribution is 2.35. The average molecular weight is 263 g/mol. The first-order valence-corrected chi connectivity index (χ1v) is 7.48. The minimum atomic E-state index is 0.332. The molecule has 0 bridgehead atoms. The summed E-state index contributed by atoms with van der Waals surface area (Å²) in [6.45, 7) is 6.83. The monoisotopic (exact) mass is 263 g/mol. The Morgan fingerprint density at radius 1 is 1.26 bits per heavy atom. The van der Waals surface area contributed by atoms with Crippen LogP contribution in [0.1, 0.15) is 51.1 Å². The Hall–Kier alpha value is -1.22. The van der Waals surface area contributed by atoms with Crippen molar-refractivity contribution in [1.82, 2.24) is 5.32 Å². The Balaban J connectivity index is 1.84. The zero-order chi connectivity index (χ0) is 13.5. The molecule has 1 aromatic carbocycles. The van der Waals surface area contributed by atoms with E-state index in [0.717, 1.165) is 37.7 Å². The van der Waals surface area contributed by atoms with Crippen molar-refractivity contribution in [2.24, 2.45) is 0 Å². The highest BCUT2D eigenvalue weighted by molar-refractivity contribution is 5.45. The van der Waals surface area contributed by atoms with Gasteiger partial charge in [0.1, 0.15) is 18.1 Å². The van der Waals surface area contributed by atoms with Gasteiger partial charge >= 0.3 is 0 Å². The largest absolute Gasteiger partial charge is 0.493 e. The van der Waals surface area contributed by atoms with Gasteiger partial charge in [0.25, 0.3) is 0 Å². The van der Waals surface area contributed by atoms with Crippen molar-refractivity contribution < 1.29 is 9.47 Å². The fourth-order valence-corrected chi connectivity index (χ4v) is 2.41. The molecular formula is C16H25NO2. The van der Waals surface area contributed by atoms with Gasteiger partial charge in [-0.15, -0.1) is 0 Å². The van der Waals surface area contributed by atoms with Crippen molar-refractivity contribution in [2.75, 3.05) is 19.8 Å². The van der Waals surface area contributed by atoms with Crippen molar-refractivity contribution >= 4 is 0 Å². The molecular weight excluding hydrogens is 238 g/mol. The van der Waals surface area contributed by atoms with E-state index >= 15 is 0 Å². The minimum absolute atomic E-state index is 0.332. The number of hydrogen-bond donors (Lipinski definition) is 1. The van der Waals surface area contributed by atoms with Gasteiger partial charge in [0.05, 0.1) is 12.6 Å². The van der Waals surface area contributed by atoms with Gasteiger partial charge in [0, 0.05) is 11.6 Å². The van der Waals surface area contributed by atoms with E-state index in [4.69, 9.17) is 9.47 Å². The standard InChI is InChI=1S/C16H25NO2/c1-3-5-6-7-10-18-13-8-9-14-15(17-4-2)12-19-16(14)11-13/h8-9,11,15,17H,3-7,10,12H2,1-2H3. The van der Waals surface area contributed by atoms with Crippen LogP contribution in [0.2, 0.25) is 0 Å². The maximum atomic E-state index is 5.77. The third kappa shape index (κ3) is 3.87. The van der Waals surface area contributed by atoms with Gasteiger partial charge in [-0.05, 0) is 25.1 Å². The Bertz CT molecular complexity index is 392. The first kappa shape index (κ1) is 14.2. The second kappa shape index (κ2) is 7.39. The molecule has 1 aliphatic heterocycles. The summed E-state index contributed by atoms with van der Waals surface area (Å²) >= 11 is 0. The fourth-order valence-electron chi connectivity index (χ4n) is 2.41. The maximum absolute atomic E-state index is 5.77. The molecule has 0 aliphatic carbocycles. The number of likely N-dealkylation sites (N-methyl/N-ethyl adjacent to an activating group) is 1. The van der Waals surface area contributed by atoms with Crippen LogP contribution in [-0.4, -0.2) is 19.8 Å². The molecule has 3 nitrogen and oxygen atoms in total. The Labute approximate surface area is 116 Å².